The Kier molecular flexibility index (Phi) is 4.10. The quantitative estimate of drug-likeness (QED) is 0.701. The molecule has 1 rings (SSSR count). The van der Waals surface area contributed by atoms with Crippen LogP contribution in [0.1, 0.15) is 26.2 Å². The number of cyclic esters (lactones) is 1. The highest BCUT2D eigenvalue weighted by Crippen LogP contribution is 2.17. The molecule has 0 aromatic carbocycles. The van der Waals surface area contributed by atoms with Crippen LogP contribution in [0.25, 0.3) is 0 Å². The number of ether oxygens (including phenoxy) is 1. The maximum absolute atomic E-state index is 11.8. The first-order chi connectivity index (χ1) is 7.20. The standard InChI is InChI=1S/C10H14N2O3/c1-2-3-8(4-5-11)9(13)12-6-7-15-10(12)14/h8H,2-4,6-7H2,1H3/t8-/m1/s1. The molecule has 1 atom stereocenters. The van der Waals surface area contributed by atoms with Gasteiger partial charge in [0.2, 0.25) is 5.91 Å². The molecule has 5 heteroatoms. The van der Waals surface area contributed by atoms with Crippen molar-refractivity contribution in [1.82, 2.24) is 4.90 Å². The van der Waals surface area contributed by atoms with Gasteiger partial charge < -0.3 is 4.74 Å². The highest BCUT2D eigenvalue weighted by atomic mass is 16.6. The lowest BCUT2D eigenvalue weighted by Crippen LogP contribution is -2.36. The van der Waals surface area contributed by atoms with Gasteiger partial charge in [0, 0.05) is 6.42 Å². The van der Waals surface area contributed by atoms with E-state index < -0.39 is 6.09 Å². The number of nitriles is 1. The van der Waals surface area contributed by atoms with Gasteiger partial charge in [0.1, 0.15) is 6.61 Å². The van der Waals surface area contributed by atoms with E-state index in [0.717, 1.165) is 11.3 Å². The van der Waals surface area contributed by atoms with E-state index in [1.54, 1.807) is 0 Å². The molecule has 0 radical (unpaired) electrons. The zero-order chi connectivity index (χ0) is 11.3. The average Bonchev–Trinajstić information content (AvgIpc) is 2.63. The molecular weight excluding hydrogens is 196 g/mol. The van der Waals surface area contributed by atoms with Crippen LogP contribution in [0.15, 0.2) is 0 Å². The largest absolute Gasteiger partial charge is 0.447 e. The zero-order valence-corrected chi connectivity index (χ0v) is 8.73. The number of hydrogen-bond donors (Lipinski definition) is 0. The third-order valence-electron chi connectivity index (χ3n) is 2.35. The van der Waals surface area contributed by atoms with Crippen molar-refractivity contribution >= 4 is 12.0 Å². The van der Waals surface area contributed by atoms with E-state index in [-0.39, 0.29) is 24.9 Å². The van der Waals surface area contributed by atoms with Gasteiger partial charge in [-0.1, -0.05) is 13.3 Å². The van der Waals surface area contributed by atoms with Crippen molar-refractivity contribution in [2.24, 2.45) is 5.92 Å². The van der Waals surface area contributed by atoms with Crippen molar-refractivity contribution in [2.45, 2.75) is 26.2 Å². The van der Waals surface area contributed by atoms with Gasteiger partial charge >= 0.3 is 6.09 Å². The van der Waals surface area contributed by atoms with Gasteiger partial charge in [-0.25, -0.2) is 9.69 Å². The lowest BCUT2D eigenvalue weighted by molar-refractivity contribution is -0.132. The van der Waals surface area contributed by atoms with E-state index in [4.69, 9.17) is 5.26 Å². The van der Waals surface area contributed by atoms with Crippen LogP contribution in [0.4, 0.5) is 4.79 Å². The summed E-state index contributed by atoms with van der Waals surface area (Å²) >= 11 is 0. The average molecular weight is 210 g/mol. The fraction of sp³-hybridized carbons (Fsp3) is 0.700. The van der Waals surface area contributed by atoms with Crippen molar-refractivity contribution in [2.75, 3.05) is 13.2 Å². The minimum absolute atomic E-state index is 0.163. The Balaban J connectivity index is 2.63. The molecule has 1 aliphatic rings. The molecule has 1 saturated heterocycles. The number of nitrogens with zero attached hydrogens (tertiary/aromatic N) is 2. The van der Waals surface area contributed by atoms with E-state index >= 15 is 0 Å². The van der Waals surface area contributed by atoms with Crippen LogP contribution in [-0.4, -0.2) is 30.1 Å². The maximum Gasteiger partial charge on any atom is 0.416 e. The molecule has 2 amide bonds. The van der Waals surface area contributed by atoms with Gasteiger partial charge in [-0.15, -0.1) is 0 Å². The number of rotatable bonds is 4. The summed E-state index contributed by atoms with van der Waals surface area (Å²) < 4.78 is 4.68. The minimum atomic E-state index is -0.584. The van der Waals surface area contributed by atoms with Gasteiger partial charge in [0.15, 0.2) is 0 Å². The number of amides is 2. The van der Waals surface area contributed by atoms with Gasteiger partial charge in [0.25, 0.3) is 0 Å². The first-order valence-corrected chi connectivity index (χ1v) is 5.05. The van der Waals surface area contributed by atoms with Crippen molar-refractivity contribution in [3.63, 3.8) is 0 Å². The molecule has 1 fully saturated rings. The summed E-state index contributed by atoms with van der Waals surface area (Å²) in [5, 5.41) is 8.58. The summed E-state index contributed by atoms with van der Waals surface area (Å²) in [6, 6.07) is 1.97. The predicted octanol–water partition coefficient (Wildman–Crippen LogP) is 1.30. The molecule has 1 aliphatic heterocycles. The summed E-state index contributed by atoms with van der Waals surface area (Å²) in [5.41, 5.74) is 0. The van der Waals surface area contributed by atoms with Crippen LogP contribution in [0.3, 0.4) is 0 Å². The van der Waals surface area contributed by atoms with Gasteiger partial charge in [-0.2, -0.15) is 5.26 Å². The fourth-order valence-electron chi connectivity index (χ4n) is 1.59. The van der Waals surface area contributed by atoms with Crippen LogP contribution >= 0.6 is 0 Å². The lowest BCUT2D eigenvalue weighted by Gasteiger charge is -2.17. The molecule has 0 aromatic heterocycles. The normalized spacial score (nSPS) is 17.1. The number of hydrogen-bond acceptors (Lipinski definition) is 4. The molecule has 0 bridgehead atoms. The van der Waals surface area contributed by atoms with E-state index in [1.165, 1.54) is 0 Å². The molecule has 0 saturated carbocycles. The Bertz CT molecular complexity index is 296. The topological polar surface area (TPSA) is 70.4 Å². The molecule has 0 aliphatic carbocycles. The fourth-order valence-corrected chi connectivity index (χ4v) is 1.59. The Labute approximate surface area is 88.6 Å². The molecule has 5 nitrogen and oxygen atoms in total. The summed E-state index contributed by atoms with van der Waals surface area (Å²) in [5.74, 6) is -0.647. The first kappa shape index (κ1) is 11.5. The summed E-state index contributed by atoms with van der Waals surface area (Å²) in [6.45, 7) is 2.51. The number of carbonyl (C=O) groups is 2. The van der Waals surface area contributed by atoms with Crippen molar-refractivity contribution < 1.29 is 14.3 Å². The molecule has 1 heterocycles. The highest BCUT2D eigenvalue weighted by molar-refractivity contribution is 5.94. The molecular formula is C10H14N2O3. The Morgan fingerprint density at radius 3 is 2.93 bits per heavy atom. The second kappa shape index (κ2) is 5.35. The third-order valence-corrected chi connectivity index (χ3v) is 2.35. The first-order valence-electron chi connectivity index (χ1n) is 5.05. The van der Waals surface area contributed by atoms with Crippen LogP contribution < -0.4 is 0 Å². The molecule has 0 aromatic rings. The Morgan fingerprint density at radius 2 is 2.47 bits per heavy atom. The van der Waals surface area contributed by atoms with E-state index in [2.05, 4.69) is 4.74 Å². The van der Waals surface area contributed by atoms with Gasteiger partial charge in [0.05, 0.1) is 18.5 Å². The minimum Gasteiger partial charge on any atom is -0.447 e. The van der Waals surface area contributed by atoms with Gasteiger partial charge in [-0.05, 0) is 6.42 Å². The van der Waals surface area contributed by atoms with Crippen LogP contribution in [-0.2, 0) is 9.53 Å². The molecule has 0 unspecified atom stereocenters. The van der Waals surface area contributed by atoms with Crippen LogP contribution in [0, 0.1) is 17.2 Å². The molecule has 15 heavy (non-hydrogen) atoms. The van der Waals surface area contributed by atoms with Crippen LogP contribution in [0.2, 0.25) is 0 Å². The van der Waals surface area contributed by atoms with Crippen molar-refractivity contribution in [1.29, 1.82) is 5.26 Å². The Morgan fingerprint density at radius 1 is 1.73 bits per heavy atom. The summed E-state index contributed by atoms with van der Waals surface area (Å²) in [6.07, 6.45) is 1.03. The van der Waals surface area contributed by atoms with Crippen LogP contribution in [0.5, 0.6) is 0 Å². The van der Waals surface area contributed by atoms with Crippen molar-refractivity contribution in [3.8, 4) is 6.07 Å². The third kappa shape index (κ3) is 2.69. The second-order valence-electron chi connectivity index (χ2n) is 3.45. The molecule has 0 N–H and O–H groups in total. The SMILES string of the molecule is CCC[C@H](CC#N)C(=O)N1CCOC1=O. The van der Waals surface area contributed by atoms with Crippen molar-refractivity contribution in [3.05, 3.63) is 0 Å². The summed E-state index contributed by atoms with van der Waals surface area (Å²) in [7, 11) is 0. The summed E-state index contributed by atoms with van der Waals surface area (Å²) in [4.78, 5) is 24.0. The highest BCUT2D eigenvalue weighted by Gasteiger charge is 2.32. The number of carbonyl (C=O) groups excluding carboxylic acids is 2. The molecule has 0 spiro atoms. The predicted molar refractivity (Wildman–Crippen MR) is 51.7 cm³/mol. The van der Waals surface area contributed by atoms with E-state index in [1.807, 2.05) is 13.0 Å². The maximum atomic E-state index is 11.8. The smallest absolute Gasteiger partial charge is 0.416 e. The Hall–Kier alpha value is -1.57. The molecule has 82 valence electrons. The van der Waals surface area contributed by atoms with E-state index in [9.17, 15) is 9.59 Å². The monoisotopic (exact) mass is 210 g/mol. The van der Waals surface area contributed by atoms with E-state index in [0.29, 0.717) is 13.0 Å². The second-order valence-corrected chi connectivity index (χ2v) is 3.45. The lowest BCUT2D eigenvalue weighted by atomic mass is 9.99. The zero-order valence-electron chi connectivity index (χ0n) is 8.73. The number of imide groups is 1. The van der Waals surface area contributed by atoms with Gasteiger partial charge in [-0.3, -0.25) is 4.79 Å².